The number of rotatable bonds is 6. The van der Waals surface area contributed by atoms with Crippen LogP contribution in [0.4, 0.5) is 8.78 Å². The summed E-state index contributed by atoms with van der Waals surface area (Å²) in [7, 11) is 0. The Morgan fingerprint density at radius 3 is 2.58 bits per heavy atom. The average molecular weight is 275 g/mol. The molecule has 0 saturated carbocycles. The van der Waals surface area contributed by atoms with E-state index in [4.69, 9.17) is 0 Å². The Morgan fingerprint density at radius 1 is 1.37 bits per heavy atom. The highest BCUT2D eigenvalue weighted by molar-refractivity contribution is 5.72. The molecular weight excluding hydrogens is 260 g/mol. The lowest BCUT2D eigenvalue weighted by Gasteiger charge is -2.20. The molecule has 0 saturated heterocycles. The van der Waals surface area contributed by atoms with Gasteiger partial charge in [0.2, 0.25) is 5.91 Å². The molecule has 1 amide bonds. The fourth-order valence-corrected chi connectivity index (χ4v) is 1.50. The molecule has 0 heterocycles. The predicted molar refractivity (Wildman–Crippen MR) is 62.7 cm³/mol. The lowest BCUT2D eigenvalue weighted by Crippen LogP contribution is -2.34. The maximum absolute atomic E-state index is 12.2. The molecule has 0 aliphatic heterocycles. The minimum absolute atomic E-state index is 0.0284. The number of carbonyl (C=O) groups is 1. The van der Waals surface area contributed by atoms with E-state index in [2.05, 4.69) is 10.1 Å². The van der Waals surface area contributed by atoms with Crippen LogP contribution in [0.25, 0.3) is 0 Å². The molecule has 0 aliphatic carbocycles. The van der Waals surface area contributed by atoms with Crippen molar-refractivity contribution in [3.05, 3.63) is 29.8 Å². The van der Waals surface area contributed by atoms with Crippen LogP contribution < -0.4 is 10.1 Å². The normalized spacial score (nSPS) is 14.0. The second-order valence-corrected chi connectivity index (χ2v) is 3.87. The summed E-state index contributed by atoms with van der Waals surface area (Å²) >= 11 is 0. The summed E-state index contributed by atoms with van der Waals surface area (Å²) in [4.78, 5) is 10.7. The third kappa shape index (κ3) is 4.80. The van der Waals surface area contributed by atoms with Crippen LogP contribution in [0.15, 0.2) is 24.3 Å². The smallest absolute Gasteiger partial charge is 0.387 e. The van der Waals surface area contributed by atoms with E-state index >= 15 is 0 Å². The first-order valence-corrected chi connectivity index (χ1v) is 5.56. The maximum Gasteiger partial charge on any atom is 0.387 e. The van der Waals surface area contributed by atoms with Crippen LogP contribution in [0.3, 0.4) is 0 Å². The summed E-state index contributed by atoms with van der Waals surface area (Å²) in [6.07, 6.45) is -2.77. The molecule has 1 aromatic rings. The Morgan fingerprint density at radius 2 is 2.00 bits per heavy atom. The molecule has 106 valence electrons. The number of hydrogen-bond donors (Lipinski definition) is 3. The van der Waals surface area contributed by atoms with Crippen molar-refractivity contribution in [2.24, 2.45) is 0 Å². The van der Waals surface area contributed by atoms with Gasteiger partial charge in [-0.2, -0.15) is 8.78 Å². The number of aliphatic hydroxyl groups is 2. The monoisotopic (exact) mass is 275 g/mol. The number of ether oxygens (including phenoxy) is 1. The standard InChI is InChI=1S/C12H15F2NO4/c1-7(16)15-6-9(17)11(18)8-4-2-3-5-10(8)19-12(13)14/h2-5,9,11-12,17-18H,6H2,1H3,(H,15,16). The third-order valence-corrected chi connectivity index (χ3v) is 2.38. The van der Waals surface area contributed by atoms with Gasteiger partial charge < -0.3 is 20.3 Å². The van der Waals surface area contributed by atoms with E-state index in [1.807, 2.05) is 0 Å². The molecule has 3 N–H and O–H groups in total. The van der Waals surface area contributed by atoms with Crippen LogP contribution in [0, 0.1) is 0 Å². The fourth-order valence-electron chi connectivity index (χ4n) is 1.50. The average Bonchev–Trinajstić information content (AvgIpc) is 2.35. The quantitative estimate of drug-likeness (QED) is 0.718. The number of para-hydroxylation sites is 1. The van der Waals surface area contributed by atoms with Gasteiger partial charge in [0.1, 0.15) is 18.0 Å². The van der Waals surface area contributed by atoms with Gasteiger partial charge in [0, 0.05) is 19.0 Å². The van der Waals surface area contributed by atoms with Crippen molar-refractivity contribution < 1.29 is 28.5 Å². The van der Waals surface area contributed by atoms with Gasteiger partial charge in [0.05, 0.1) is 0 Å². The van der Waals surface area contributed by atoms with Gasteiger partial charge in [0.25, 0.3) is 0 Å². The first-order chi connectivity index (χ1) is 8.91. The van der Waals surface area contributed by atoms with Crippen LogP contribution >= 0.6 is 0 Å². The molecule has 1 aromatic carbocycles. The first-order valence-electron chi connectivity index (χ1n) is 5.56. The molecule has 0 bridgehead atoms. The van der Waals surface area contributed by atoms with E-state index in [0.717, 1.165) is 0 Å². The second kappa shape index (κ2) is 7.01. The minimum Gasteiger partial charge on any atom is -0.434 e. The molecule has 0 aliphatic rings. The van der Waals surface area contributed by atoms with E-state index in [0.29, 0.717) is 0 Å². The van der Waals surface area contributed by atoms with Crippen LogP contribution in [0.2, 0.25) is 0 Å². The predicted octanol–water partition coefficient (Wildman–Crippen LogP) is 0.818. The number of amides is 1. The number of benzene rings is 1. The number of hydrogen-bond acceptors (Lipinski definition) is 4. The number of nitrogens with one attached hydrogen (secondary N) is 1. The first kappa shape index (κ1) is 15.3. The molecule has 5 nitrogen and oxygen atoms in total. The summed E-state index contributed by atoms with van der Waals surface area (Å²) in [5.74, 6) is -0.588. The Balaban J connectivity index is 2.80. The summed E-state index contributed by atoms with van der Waals surface area (Å²) < 4.78 is 28.6. The highest BCUT2D eigenvalue weighted by atomic mass is 19.3. The number of carbonyl (C=O) groups excluding carboxylic acids is 1. The van der Waals surface area contributed by atoms with Gasteiger partial charge in [-0.25, -0.2) is 0 Å². The topological polar surface area (TPSA) is 78.8 Å². The molecule has 7 heteroatoms. The van der Waals surface area contributed by atoms with E-state index in [9.17, 15) is 23.8 Å². The van der Waals surface area contributed by atoms with E-state index < -0.39 is 18.8 Å². The lowest BCUT2D eigenvalue weighted by atomic mass is 10.0. The van der Waals surface area contributed by atoms with Crippen molar-refractivity contribution in [2.45, 2.75) is 25.7 Å². The summed E-state index contributed by atoms with van der Waals surface area (Å²) in [6, 6.07) is 5.60. The Labute approximate surface area is 108 Å². The molecule has 19 heavy (non-hydrogen) atoms. The van der Waals surface area contributed by atoms with Gasteiger partial charge in [-0.05, 0) is 6.07 Å². The molecule has 0 fully saturated rings. The van der Waals surface area contributed by atoms with Crippen molar-refractivity contribution in [2.75, 3.05) is 6.54 Å². The number of aliphatic hydroxyl groups excluding tert-OH is 2. The molecule has 0 spiro atoms. The lowest BCUT2D eigenvalue weighted by molar-refractivity contribution is -0.119. The third-order valence-electron chi connectivity index (χ3n) is 2.38. The van der Waals surface area contributed by atoms with Crippen molar-refractivity contribution in [1.82, 2.24) is 5.32 Å². The summed E-state index contributed by atoms with van der Waals surface area (Å²) in [5.41, 5.74) is 0.0284. The van der Waals surface area contributed by atoms with Gasteiger partial charge in [-0.3, -0.25) is 4.79 Å². The van der Waals surface area contributed by atoms with E-state index in [1.54, 1.807) is 0 Å². The van der Waals surface area contributed by atoms with Crippen molar-refractivity contribution >= 4 is 5.91 Å². The molecule has 2 unspecified atom stereocenters. The summed E-state index contributed by atoms with van der Waals surface area (Å²) in [5, 5.41) is 21.9. The zero-order valence-electron chi connectivity index (χ0n) is 10.2. The molecular formula is C12H15F2NO4. The molecule has 2 atom stereocenters. The van der Waals surface area contributed by atoms with Gasteiger partial charge in [0.15, 0.2) is 0 Å². The SMILES string of the molecule is CC(=O)NCC(O)C(O)c1ccccc1OC(F)F. The van der Waals surface area contributed by atoms with Gasteiger partial charge in [-0.1, -0.05) is 18.2 Å². The second-order valence-electron chi connectivity index (χ2n) is 3.87. The van der Waals surface area contributed by atoms with Crippen LogP contribution in [-0.2, 0) is 4.79 Å². The molecule has 0 radical (unpaired) electrons. The number of halogens is 2. The molecule has 0 aromatic heterocycles. The summed E-state index contributed by atoms with van der Waals surface area (Å²) in [6.45, 7) is -1.97. The zero-order valence-corrected chi connectivity index (χ0v) is 10.2. The maximum atomic E-state index is 12.2. The highest BCUT2D eigenvalue weighted by Gasteiger charge is 2.23. The van der Waals surface area contributed by atoms with Crippen LogP contribution in [0.5, 0.6) is 5.75 Å². The van der Waals surface area contributed by atoms with Crippen LogP contribution in [-0.4, -0.2) is 35.4 Å². The Hall–Kier alpha value is -1.73. The van der Waals surface area contributed by atoms with E-state index in [1.165, 1.54) is 31.2 Å². The zero-order chi connectivity index (χ0) is 14.4. The molecule has 1 rings (SSSR count). The number of alkyl halides is 2. The Kier molecular flexibility index (Phi) is 5.65. The fraction of sp³-hybridized carbons (Fsp3) is 0.417. The Bertz CT molecular complexity index is 428. The van der Waals surface area contributed by atoms with Gasteiger partial charge >= 0.3 is 6.61 Å². The van der Waals surface area contributed by atoms with Gasteiger partial charge in [-0.15, -0.1) is 0 Å². The largest absolute Gasteiger partial charge is 0.434 e. The van der Waals surface area contributed by atoms with Crippen LogP contribution in [0.1, 0.15) is 18.6 Å². The van der Waals surface area contributed by atoms with Crippen molar-refractivity contribution in [3.8, 4) is 5.75 Å². The minimum atomic E-state index is -3.03. The van der Waals surface area contributed by atoms with Crippen molar-refractivity contribution in [1.29, 1.82) is 0 Å². The van der Waals surface area contributed by atoms with Crippen molar-refractivity contribution in [3.63, 3.8) is 0 Å². The highest BCUT2D eigenvalue weighted by Crippen LogP contribution is 2.28. The van der Waals surface area contributed by atoms with E-state index in [-0.39, 0.29) is 23.8 Å².